The van der Waals surface area contributed by atoms with Gasteiger partial charge in [-0.3, -0.25) is 4.98 Å². The molecule has 88 valence electrons. The van der Waals surface area contributed by atoms with Gasteiger partial charge in [-0.2, -0.15) is 0 Å². The lowest BCUT2D eigenvalue weighted by atomic mass is 10.3. The fourth-order valence-electron chi connectivity index (χ4n) is 1.13. The van der Waals surface area contributed by atoms with E-state index in [0.29, 0.717) is 21.7 Å². The van der Waals surface area contributed by atoms with Gasteiger partial charge in [-0.1, -0.05) is 5.16 Å². The molecule has 0 bridgehead atoms. The number of hydrogen-bond donors (Lipinski definition) is 2. The quantitative estimate of drug-likeness (QED) is 0.362. The van der Waals surface area contributed by atoms with E-state index >= 15 is 0 Å². The van der Waals surface area contributed by atoms with Crippen LogP contribution in [-0.2, 0) is 0 Å². The van der Waals surface area contributed by atoms with Crippen molar-refractivity contribution in [3.63, 3.8) is 0 Å². The fourth-order valence-corrected chi connectivity index (χ4v) is 1.96. The molecule has 0 spiro atoms. The molecule has 8 heteroatoms. The van der Waals surface area contributed by atoms with Gasteiger partial charge < -0.3 is 15.4 Å². The highest BCUT2D eigenvalue weighted by molar-refractivity contribution is 7.99. The van der Waals surface area contributed by atoms with Crippen LogP contribution in [0.1, 0.15) is 11.6 Å². The molecule has 0 atom stereocenters. The Labute approximate surface area is 101 Å². The van der Waals surface area contributed by atoms with Crippen molar-refractivity contribution < 1.29 is 9.62 Å². The molecule has 0 amide bonds. The Morgan fingerprint density at radius 3 is 3.00 bits per heavy atom. The van der Waals surface area contributed by atoms with Crippen LogP contribution >= 0.6 is 11.8 Å². The Morgan fingerprint density at radius 2 is 2.35 bits per heavy atom. The van der Waals surface area contributed by atoms with Crippen molar-refractivity contribution in [1.82, 2.24) is 15.2 Å². The summed E-state index contributed by atoms with van der Waals surface area (Å²) in [5.74, 6) is 0.408. The predicted molar refractivity (Wildman–Crippen MR) is 59.9 cm³/mol. The highest BCUT2D eigenvalue weighted by atomic mass is 32.2. The van der Waals surface area contributed by atoms with Gasteiger partial charge in [0.05, 0.1) is 0 Å². The molecule has 0 fully saturated rings. The summed E-state index contributed by atoms with van der Waals surface area (Å²) in [6.45, 7) is 1.70. The van der Waals surface area contributed by atoms with Gasteiger partial charge in [0, 0.05) is 18.0 Å². The van der Waals surface area contributed by atoms with E-state index in [9.17, 15) is 0 Å². The number of hydrogen-bond acceptors (Lipinski definition) is 7. The average molecular weight is 251 g/mol. The van der Waals surface area contributed by atoms with Gasteiger partial charge in [-0.05, 0) is 23.9 Å². The second-order valence-electron chi connectivity index (χ2n) is 3.02. The number of aryl methyl sites for hydroxylation is 1. The van der Waals surface area contributed by atoms with E-state index in [1.165, 1.54) is 11.8 Å². The third-order valence-corrected chi connectivity index (χ3v) is 2.71. The first-order chi connectivity index (χ1) is 8.20. The molecule has 17 heavy (non-hydrogen) atoms. The van der Waals surface area contributed by atoms with Crippen LogP contribution in [0.5, 0.6) is 0 Å². The third-order valence-electron chi connectivity index (χ3n) is 1.83. The van der Waals surface area contributed by atoms with Crippen LogP contribution in [0.2, 0.25) is 0 Å². The van der Waals surface area contributed by atoms with Crippen LogP contribution in [-0.4, -0.2) is 26.2 Å². The van der Waals surface area contributed by atoms with E-state index < -0.39 is 0 Å². The molecule has 0 aliphatic rings. The number of nitrogens with two attached hydrogens (primary N) is 1. The largest absolute Gasteiger partial charge is 0.416 e. The second-order valence-corrected chi connectivity index (χ2v) is 4.02. The number of rotatable bonds is 3. The van der Waals surface area contributed by atoms with Gasteiger partial charge in [0.2, 0.25) is 5.89 Å². The fraction of sp³-hybridized carbons (Fsp3) is 0.111. The van der Waals surface area contributed by atoms with E-state index in [0.717, 1.165) is 0 Å². The Hall–Kier alpha value is -2.09. The number of nitrogens with zero attached hydrogens (tertiary/aromatic N) is 4. The maximum atomic E-state index is 8.65. The van der Waals surface area contributed by atoms with Crippen molar-refractivity contribution in [2.45, 2.75) is 17.0 Å². The van der Waals surface area contributed by atoms with Crippen molar-refractivity contribution in [3.05, 3.63) is 29.9 Å². The zero-order chi connectivity index (χ0) is 12.3. The Kier molecular flexibility index (Phi) is 3.24. The van der Waals surface area contributed by atoms with Crippen LogP contribution in [0.15, 0.2) is 38.0 Å². The van der Waals surface area contributed by atoms with Crippen molar-refractivity contribution in [2.75, 3.05) is 0 Å². The van der Waals surface area contributed by atoms with Gasteiger partial charge in [0.25, 0.3) is 5.22 Å². The lowest BCUT2D eigenvalue weighted by Gasteiger charge is -2.03. The monoisotopic (exact) mass is 251 g/mol. The minimum Gasteiger partial charge on any atom is -0.416 e. The maximum Gasteiger partial charge on any atom is 0.281 e. The van der Waals surface area contributed by atoms with Gasteiger partial charge in [0.1, 0.15) is 5.69 Å². The van der Waals surface area contributed by atoms with E-state index in [1.807, 2.05) is 0 Å². The average Bonchev–Trinajstić information content (AvgIpc) is 2.74. The lowest BCUT2D eigenvalue weighted by Crippen LogP contribution is -2.15. The third kappa shape index (κ3) is 2.53. The van der Waals surface area contributed by atoms with Crippen LogP contribution < -0.4 is 5.73 Å². The van der Waals surface area contributed by atoms with E-state index in [-0.39, 0.29) is 5.84 Å². The molecule has 0 saturated carbocycles. The second kappa shape index (κ2) is 4.83. The zero-order valence-corrected chi connectivity index (χ0v) is 9.68. The molecule has 0 aliphatic heterocycles. The van der Waals surface area contributed by atoms with Crippen molar-refractivity contribution in [1.29, 1.82) is 0 Å². The predicted octanol–water partition coefficient (Wildman–Crippen LogP) is 1.02. The highest BCUT2D eigenvalue weighted by Crippen LogP contribution is 2.28. The molecule has 0 aliphatic carbocycles. The van der Waals surface area contributed by atoms with Gasteiger partial charge in [0.15, 0.2) is 5.84 Å². The Balaban J connectivity index is 2.32. The standard InChI is InChI=1S/C9H9N5O2S/c1-5-12-13-9(16-5)17-6-3-2-4-11-7(6)8(10)14-15/h2-4,15H,1H3,(H2,10,14). The summed E-state index contributed by atoms with van der Waals surface area (Å²) in [7, 11) is 0. The summed E-state index contributed by atoms with van der Waals surface area (Å²) in [6.07, 6.45) is 1.55. The molecule has 0 saturated heterocycles. The molecular formula is C9H9N5O2S. The lowest BCUT2D eigenvalue weighted by molar-refractivity contribution is 0.318. The van der Waals surface area contributed by atoms with Gasteiger partial charge in [-0.15, -0.1) is 10.2 Å². The first-order valence-electron chi connectivity index (χ1n) is 4.61. The molecule has 7 nitrogen and oxygen atoms in total. The van der Waals surface area contributed by atoms with Crippen molar-refractivity contribution >= 4 is 17.6 Å². The molecule has 2 aromatic heterocycles. The van der Waals surface area contributed by atoms with Crippen molar-refractivity contribution in [2.24, 2.45) is 10.9 Å². The van der Waals surface area contributed by atoms with Crippen LogP contribution in [0.25, 0.3) is 0 Å². The molecule has 0 unspecified atom stereocenters. The molecule has 3 N–H and O–H groups in total. The van der Waals surface area contributed by atoms with E-state index in [4.69, 9.17) is 15.4 Å². The molecule has 2 rings (SSSR count). The van der Waals surface area contributed by atoms with Crippen molar-refractivity contribution in [3.8, 4) is 0 Å². The number of amidine groups is 1. The van der Waals surface area contributed by atoms with Gasteiger partial charge >= 0.3 is 0 Å². The van der Waals surface area contributed by atoms with E-state index in [1.54, 1.807) is 25.3 Å². The number of aromatic nitrogens is 3. The van der Waals surface area contributed by atoms with Crippen LogP contribution in [0.3, 0.4) is 0 Å². The smallest absolute Gasteiger partial charge is 0.281 e. The normalized spacial score (nSPS) is 11.7. The topological polar surface area (TPSA) is 110 Å². The van der Waals surface area contributed by atoms with Crippen LogP contribution in [0.4, 0.5) is 0 Å². The minimum absolute atomic E-state index is 0.0654. The minimum atomic E-state index is -0.0654. The summed E-state index contributed by atoms with van der Waals surface area (Å²) in [5, 5.41) is 19.5. The van der Waals surface area contributed by atoms with Gasteiger partial charge in [-0.25, -0.2) is 0 Å². The SMILES string of the molecule is Cc1nnc(Sc2cccnc2/C(N)=N/O)o1. The summed E-state index contributed by atoms with van der Waals surface area (Å²) < 4.78 is 5.23. The first-order valence-corrected chi connectivity index (χ1v) is 5.43. The summed E-state index contributed by atoms with van der Waals surface area (Å²) in [4.78, 5) is 4.70. The summed E-state index contributed by atoms with van der Waals surface area (Å²) in [5.41, 5.74) is 5.88. The molecule has 2 heterocycles. The Bertz CT molecular complexity index is 554. The zero-order valence-electron chi connectivity index (χ0n) is 8.86. The maximum absolute atomic E-state index is 8.65. The summed E-state index contributed by atoms with van der Waals surface area (Å²) >= 11 is 1.20. The molecule has 0 aromatic carbocycles. The van der Waals surface area contributed by atoms with E-state index in [2.05, 4.69) is 20.3 Å². The number of oxime groups is 1. The molecular weight excluding hydrogens is 242 g/mol. The molecule has 2 aromatic rings. The molecule has 0 radical (unpaired) electrons. The highest BCUT2D eigenvalue weighted by Gasteiger charge is 2.12. The first kappa shape index (κ1) is 11.4. The Morgan fingerprint density at radius 1 is 1.53 bits per heavy atom. The van der Waals surface area contributed by atoms with Crippen LogP contribution in [0, 0.1) is 6.92 Å². The summed E-state index contributed by atoms with van der Waals surface area (Å²) in [6, 6.07) is 3.50. The number of pyridine rings is 1.